The Kier molecular flexibility index (Phi) is 14.5. The number of carbonyl (C=O) groups is 5. The van der Waals surface area contributed by atoms with Gasteiger partial charge in [-0.25, -0.2) is 19.2 Å². The number of esters is 3. The molecule has 0 amide bonds. The zero-order chi connectivity index (χ0) is 32.5. The number of para-hydroxylation sites is 1. The van der Waals surface area contributed by atoms with Crippen LogP contribution in [0.2, 0.25) is 0 Å². The number of benzene rings is 2. The number of carboxylic acid groups (broad SMARTS) is 2. The topological polar surface area (TPSA) is 228 Å². The molecule has 2 aromatic rings. The van der Waals surface area contributed by atoms with Gasteiger partial charge >= 0.3 is 29.8 Å². The van der Waals surface area contributed by atoms with Gasteiger partial charge < -0.3 is 38.7 Å². The predicted octanol–water partition coefficient (Wildman–Crippen LogP) is 1.55. The highest BCUT2D eigenvalue weighted by Crippen LogP contribution is 2.24. The lowest BCUT2D eigenvalue weighted by molar-refractivity contribution is -0.757. The normalized spacial score (nSPS) is 12.5. The molecule has 1 saturated heterocycles. The van der Waals surface area contributed by atoms with Crippen LogP contribution in [0.15, 0.2) is 42.5 Å². The van der Waals surface area contributed by atoms with Gasteiger partial charge in [0.25, 0.3) is 5.09 Å². The van der Waals surface area contributed by atoms with Gasteiger partial charge in [-0.05, 0) is 24.3 Å². The van der Waals surface area contributed by atoms with Crippen molar-refractivity contribution in [3.8, 4) is 11.5 Å². The maximum Gasteiger partial charge on any atom is 0.414 e. The smallest absolute Gasteiger partial charge is 0.414 e. The molecule has 0 aliphatic carbocycles. The summed E-state index contributed by atoms with van der Waals surface area (Å²) in [4.78, 5) is 71.2. The van der Waals surface area contributed by atoms with Gasteiger partial charge in [0, 0.05) is 38.5 Å². The van der Waals surface area contributed by atoms with Crippen LogP contribution in [-0.2, 0) is 40.0 Å². The van der Waals surface area contributed by atoms with Crippen molar-refractivity contribution in [2.75, 3.05) is 46.3 Å². The van der Waals surface area contributed by atoms with Crippen LogP contribution in [0.5, 0.6) is 11.5 Å². The molecule has 0 saturated carbocycles. The van der Waals surface area contributed by atoms with Crippen LogP contribution in [0.25, 0.3) is 0 Å². The Morgan fingerprint density at radius 1 is 0.932 bits per heavy atom. The molecule has 44 heavy (non-hydrogen) atoms. The van der Waals surface area contributed by atoms with E-state index in [2.05, 4.69) is 9.74 Å². The number of ether oxygens (including phenoxy) is 5. The largest absolute Gasteiger partial charge is 0.493 e. The number of aliphatic carboxylic acids is 2. The van der Waals surface area contributed by atoms with E-state index in [0.717, 1.165) is 18.7 Å². The molecule has 0 aromatic heterocycles. The Morgan fingerprint density at radius 2 is 1.59 bits per heavy atom. The lowest BCUT2D eigenvalue weighted by atomic mass is 10.1. The van der Waals surface area contributed by atoms with Crippen LogP contribution >= 0.6 is 0 Å². The molecule has 17 heteroatoms. The van der Waals surface area contributed by atoms with Gasteiger partial charge in [0.05, 0.1) is 32.0 Å². The van der Waals surface area contributed by atoms with Gasteiger partial charge in [0.2, 0.25) is 6.79 Å². The van der Waals surface area contributed by atoms with Crippen molar-refractivity contribution < 1.29 is 67.8 Å². The summed E-state index contributed by atoms with van der Waals surface area (Å²) in [6.07, 6.45) is 0.261. The number of rotatable bonds is 13. The second-order valence-corrected chi connectivity index (χ2v) is 8.65. The monoisotopic (exact) mass is 622 g/mol. The summed E-state index contributed by atoms with van der Waals surface area (Å²) in [6.45, 7) is 3.80. The number of carboxylic acids is 2. The summed E-state index contributed by atoms with van der Waals surface area (Å²) in [5.41, 5.74) is 0.971. The minimum absolute atomic E-state index is 0.00274. The zero-order valence-corrected chi connectivity index (χ0v) is 23.5. The Labute approximate surface area is 249 Å². The maximum atomic E-state index is 12.6. The molecule has 17 nitrogen and oxygen atoms in total. The minimum Gasteiger partial charge on any atom is -0.493 e. The van der Waals surface area contributed by atoms with Gasteiger partial charge in [-0.15, -0.1) is 10.1 Å². The molecule has 0 bridgehead atoms. The number of nitrogens with zero attached hydrogens (tertiary/aromatic N) is 2. The molecular formula is C27H30N2O15. The fourth-order valence-corrected chi connectivity index (χ4v) is 3.50. The lowest BCUT2D eigenvalue weighted by Crippen LogP contribution is -2.35. The molecular weight excluding hydrogens is 592 g/mol. The van der Waals surface area contributed by atoms with E-state index in [0.29, 0.717) is 25.5 Å². The first-order valence-electron chi connectivity index (χ1n) is 12.9. The van der Waals surface area contributed by atoms with Crippen molar-refractivity contribution in [3.63, 3.8) is 0 Å². The third-order valence-electron chi connectivity index (χ3n) is 5.47. The number of hydrogen-bond acceptors (Lipinski definition) is 14. The Hall–Kier alpha value is -5.29. The molecule has 1 fully saturated rings. The third kappa shape index (κ3) is 12.7. The van der Waals surface area contributed by atoms with Crippen molar-refractivity contribution in [1.29, 1.82) is 0 Å². The summed E-state index contributed by atoms with van der Waals surface area (Å²) >= 11 is 0. The first kappa shape index (κ1) is 34.9. The van der Waals surface area contributed by atoms with Crippen LogP contribution in [0.3, 0.4) is 0 Å². The minimum atomic E-state index is -1.82. The van der Waals surface area contributed by atoms with E-state index in [1.54, 1.807) is 24.3 Å². The van der Waals surface area contributed by atoms with Crippen LogP contribution in [0.1, 0.15) is 39.6 Å². The second-order valence-electron chi connectivity index (χ2n) is 8.65. The standard InChI is InChI=1S/C25H28N2O11.C2H2O4/c1-18(28)38-22-6-3-2-5-21(22)25(30)36-17-35-24(29)19-7-8-20(16-26-9-13-33-14-10-26)23(15-19)34-11-4-12-37-27(31)32;3-1(4)2(5)6/h2-3,5-8,15H,4,9-14,16-17H2,1H3;(H,3,4)(H,5,6). The van der Waals surface area contributed by atoms with Crippen molar-refractivity contribution in [3.05, 3.63) is 69.3 Å². The Bertz CT molecular complexity index is 1310. The van der Waals surface area contributed by atoms with Crippen LogP contribution < -0.4 is 9.47 Å². The van der Waals surface area contributed by atoms with E-state index in [9.17, 15) is 24.5 Å². The summed E-state index contributed by atoms with van der Waals surface area (Å²) in [5.74, 6) is -5.40. The van der Waals surface area contributed by atoms with Gasteiger partial charge in [0.1, 0.15) is 17.1 Å². The Morgan fingerprint density at radius 3 is 2.23 bits per heavy atom. The van der Waals surface area contributed by atoms with Crippen LogP contribution in [0.4, 0.5) is 0 Å². The van der Waals surface area contributed by atoms with Crippen molar-refractivity contribution in [2.24, 2.45) is 0 Å². The molecule has 2 N–H and O–H groups in total. The highest BCUT2D eigenvalue weighted by atomic mass is 16.9. The highest BCUT2D eigenvalue weighted by Gasteiger charge is 2.19. The van der Waals surface area contributed by atoms with Crippen molar-refractivity contribution >= 4 is 29.8 Å². The van der Waals surface area contributed by atoms with Gasteiger partial charge in [-0.1, -0.05) is 18.2 Å². The SMILES string of the molecule is CC(=O)Oc1ccccc1C(=O)OCOC(=O)c1ccc(CN2CCOCC2)c(OCCCO[N+](=O)[O-])c1.O=C(O)C(=O)O. The fourth-order valence-electron chi connectivity index (χ4n) is 3.50. The Balaban J connectivity index is 0.00000102. The second kappa shape index (κ2) is 18.3. The van der Waals surface area contributed by atoms with Crippen molar-refractivity contribution in [1.82, 2.24) is 4.90 Å². The number of hydrogen-bond donors (Lipinski definition) is 2. The van der Waals surface area contributed by atoms with Gasteiger partial charge in [0.15, 0.2) is 0 Å². The molecule has 1 aliphatic rings. The average molecular weight is 623 g/mol. The molecule has 0 radical (unpaired) electrons. The van der Waals surface area contributed by atoms with E-state index >= 15 is 0 Å². The van der Waals surface area contributed by atoms with Gasteiger partial charge in [-0.2, -0.15) is 0 Å². The van der Waals surface area contributed by atoms with Crippen LogP contribution in [-0.4, -0.2) is 96.4 Å². The van der Waals surface area contributed by atoms with E-state index in [4.69, 9.17) is 43.5 Å². The quantitative estimate of drug-likeness (QED) is 0.0614. The van der Waals surface area contributed by atoms with E-state index < -0.39 is 41.7 Å². The summed E-state index contributed by atoms with van der Waals surface area (Å²) in [6, 6.07) is 10.8. The predicted molar refractivity (Wildman–Crippen MR) is 144 cm³/mol. The van der Waals surface area contributed by atoms with Gasteiger partial charge in [-0.3, -0.25) is 9.69 Å². The highest BCUT2D eigenvalue weighted by molar-refractivity contribution is 6.27. The first-order chi connectivity index (χ1) is 21.0. The van der Waals surface area contributed by atoms with E-state index in [-0.39, 0.29) is 36.5 Å². The molecule has 0 spiro atoms. The van der Waals surface area contributed by atoms with Crippen LogP contribution in [0, 0.1) is 10.1 Å². The average Bonchev–Trinajstić information content (AvgIpc) is 2.98. The first-order valence-corrected chi connectivity index (χ1v) is 12.9. The maximum absolute atomic E-state index is 12.6. The molecule has 3 rings (SSSR count). The molecule has 1 aliphatic heterocycles. The lowest BCUT2D eigenvalue weighted by Gasteiger charge is -2.27. The van der Waals surface area contributed by atoms with E-state index in [1.165, 1.54) is 25.1 Å². The summed E-state index contributed by atoms with van der Waals surface area (Å²) in [5, 5.41) is 24.2. The van der Waals surface area contributed by atoms with Crippen molar-refractivity contribution in [2.45, 2.75) is 19.9 Å². The number of morpholine rings is 1. The summed E-state index contributed by atoms with van der Waals surface area (Å²) < 4.78 is 26.3. The summed E-state index contributed by atoms with van der Waals surface area (Å²) in [7, 11) is 0. The molecule has 2 aromatic carbocycles. The molecule has 0 atom stereocenters. The number of carbonyl (C=O) groups excluding carboxylic acids is 3. The molecule has 238 valence electrons. The third-order valence-corrected chi connectivity index (χ3v) is 5.47. The fraction of sp³-hybridized carbons (Fsp3) is 0.370. The molecule has 1 heterocycles. The molecule has 0 unspecified atom stereocenters. The van der Waals surface area contributed by atoms with E-state index in [1.807, 2.05) is 0 Å². The zero-order valence-electron chi connectivity index (χ0n) is 23.5.